The number of aromatic nitrogens is 2. The fraction of sp³-hybridized carbons (Fsp3) is 0.333. The standard InChI is InChI=1S/C18H21N3O2S/c1-12-17(24-11-19-12)6-7-21(2)10-14-8-13-9-15(23-3)4-5-16(13)20-18(14)22/h4-5,8-9,11H,6-7,10H2,1-3H3,(H,20,22). The highest BCUT2D eigenvalue weighted by Crippen LogP contribution is 2.19. The highest BCUT2D eigenvalue weighted by Gasteiger charge is 2.09. The maximum Gasteiger partial charge on any atom is 0.252 e. The van der Waals surface area contributed by atoms with Crippen LogP contribution in [-0.2, 0) is 13.0 Å². The van der Waals surface area contributed by atoms with E-state index < -0.39 is 0 Å². The number of benzene rings is 1. The maximum atomic E-state index is 12.3. The van der Waals surface area contributed by atoms with Gasteiger partial charge in [0.15, 0.2) is 0 Å². The van der Waals surface area contributed by atoms with E-state index >= 15 is 0 Å². The van der Waals surface area contributed by atoms with Crippen LogP contribution in [0.25, 0.3) is 10.9 Å². The molecule has 3 rings (SSSR count). The van der Waals surface area contributed by atoms with Crippen LogP contribution in [0.1, 0.15) is 16.1 Å². The van der Waals surface area contributed by atoms with E-state index in [4.69, 9.17) is 4.74 Å². The molecule has 2 heterocycles. The van der Waals surface area contributed by atoms with Crippen molar-refractivity contribution >= 4 is 22.2 Å². The number of methoxy groups -OCH3 is 1. The van der Waals surface area contributed by atoms with Gasteiger partial charge in [0.25, 0.3) is 5.56 Å². The number of aryl methyl sites for hydroxylation is 1. The summed E-state index contributed by atoms with van der Waals surface area (Å²) in [5.74, 6) is 0.787. The lowest BCUT2D eigenvalue weighted by Crippen LogP contribution is -2.25. The molecule has 3 aromatic rings. The van der Waals surface area contributed by atoms with E-state index in [1.807, 2.05) is 43.7 Å². The van der Waals surface area contributed by atoms with E-state index in [0.29, 0.717) is 6.54 Å². The van der Waals surface area contributed by atoms with E-state index in [1.54, 1.807) is 18.4 Å². The fourth-order valence-electron chi connectivity index (χ4n) is 2.70. The molecule has 5 nitrogen and oxygen atoms in total. The van der Waals surface area contributed by atoms with Crippen LogP contribution in [0.5, 0.6) is 5.75 Å². The fourth-order valence-corrected chi connectivity index (χ4v) is 3.47. The summed E-state index contributed by atoms with van der Waals surface area (Å²) in [6.45, 7) is 3.53. The van der Waals surface area contributed by atoms with Gasteiger partial charge in [0.2, 0.25) is 0 Å². The van der Waals surface area contributed by atoms with Crippen LogP contribution in [0.15, 0.2) is 34.6 Å². The predicted octanol–water partition coefficient (Wildman–Crippen LogP) is 2.98. The highest BCUT2D eigenvalue weighted by molar-refractivity contribution is 7.09. The first kappa shape index (κ1) is 16.7. The molecule has 0 aliphatic heterocycles. The summed E-state index contributed by atoms with van der Waals surface area (Å²) in [4.78, 5) is 23.0. The van der Waals surface area contributed by atoms with Crippen LogP contribution in [0, 0.1) is 6.92 Å². The SMILES string of the molecule is COc1ccc2[nH]c(=O)c(CN(C)CCc3scnc3C)cc2c1. The number of aromatic amines is 1. The van der Waals surface area contributed by atoms with Crippen LogP contribution in [0.4, 0.5) is 0 Å². The lowest BCUT2D eigenvalue weighted by Gasteiger charge is -2.16. The van der Waals surface area contributed by atoms with Crippen LogP contribution < -0.4 is 10.3 Å². The molecule has 0 saturated heterocycles. The number of hydrogen-bond acceptors (Lipinski definition) is 5. The molecule has 6 heteroatoms. The highest BCUT2D eigenvalue weighted by atomic mass is 32.1. The van der Waals surface area contributed by atoms with Gasteiger partial charge in [0.05, 0.1) is 18.3 Å². The molecule has 0 saturated carbocycles. The van der Waals surface area contributed by atoms with Crippen molar-refractivity contribution in [2.45, 2.75) is 19.9 Å². The Balaban J connectivity index is 1.74. The Morgan fingerprint density at radius 1 is 1.33 bits per heavy atom. The first-order chi connectivity index (χ1) is 11.6. The Kier molecular flexibility index (Phi) is 4.97. The number of thiazole rings is 1. The van der Waals surface area contributed by atoms with E-state index in [2.05, 4.69) is 14.9 Å². The van der Waals surface area contributed by atoms with E-state index in [0.717, 1.165) is 40.9 Å². The minimum atomic E-state index is -0.0338. The molecule has 0 aliphatic carbocycles. The zero-order chi connectivity index (χ0) is 17.1. The van der Waals surface area contributed by atoms with Crippen LogP contribution in [0.2, 0.25) is 0 Å². The minimum Gasteiger partial charge on any atom is -0.497 e. The van der Waals surface area contributed by atoms with Gasteiger partial charge in [0.1, 0.15) is 5.75 Å². The van der Waals surface area contributed by atoms with Crippen molar-refractivity contribution in [2.24, 2.45) is 0 Å². The third-order valence-corrected chi connectivity index (χ3v) is 5.13. The molecule has 1 N–H and O–H groups in total. The van der Waals surface area contributed by atoms with Gasteiger partial charge in [-0.15, -0.1) is 11.3 Å². The number of H-pyrrole nitrogens is 1. The van der Waals surface area contributed by atoms with Gasteiger partial charge in [-0.25, -0.2) is 4.98 Å². The van der Waals surface area contributed by atoms with Crippen molar-refractivity contribution in [2.75, 3.05) is 20.7 Å². The number of likely N-dealkylation sites (N-methyl/N-ethyl adjacent to an activating group) is 1. The van der Waals surface area contributed by atoms with E-state index in [1.165, 1.54) is 4.88 Å². The van der Waals surface area contributed by atoms with E-state index in [-0.39, 0.29) is 5.56 Å². The van der Waals surface area contributed by atoms with Crippen molar-refractivity contribution in [3.8, 4) is 5.75 Å². The summed E-state index contributed by atoms with van der Waals surface area (Å²) < 4.78 is 5.26. The van der Waals surface area contributed by atoms with Crippen molar-refractivity contribution in [3.63, 3.8) is 0 Å². The number of fused-ring (bicyclic) bond motifs is 1. The Labute approximate surface area is 144 Å². The van der Waals surface area contributed by atoms with Gasteiger partial charge in [-0.2, -0.15) is 0 Å². The number of nitrogens with one attached hydrogen (secondary N) is 1. The quantitative estimate of drug-likeness (QED) is 0.747. The average molecular weight is 343 g/mol. The largest absolute Gasteiger partial charge is 0.497 e. The van der Waals surface area contributed by atoms with Crippen molar-refractivity contribution in [3.05, 3.63) is 56.3 Å². The second-order valence-electron chi connectivity index (χ2n) is 5.93. The Bertz CT molecular complexity index is 901. The second-order valence-corrected chi connectivity index (χ2v) is 6.86. The van der Waals surface area contributed by atoms with Crippen molar-refractivity contribution in [1.29, 1.82) is 0 Å². The number of nitrogens with zero attached hydrogens (tertiary/aromatic N) is 2. The number of ether oxygens (including phenoxy) is 1. The summed E-state index contributed by atoms with van der Waals surface area (Å²) in [6.07, 6.45) is 0.951. The molecule has 1 aromatic carbocycles. The van der Waals surface area contributed by atoms with Crippen LogP contribution >= 0.6 is 11.3 Å². The van der Waals surface area contributed by atoms with E-state index in [9.17, 15) is 4.79 Å². The Morgan fingerprint density at radius 2 is 2.17 bits per heavy atom. The number of pyridine rings is 1. The predicted molar refractivity (Wildman–Crippen MR) is 98.0 cm³/mol. The number of hydrogen-bond donors (Lipinski definition) is 1. The zero-order valence-corrected chi connectivity index (χ0v) is 14.9. The van der Waals surface area contributed by atoms with Gasteiger partial charge in [-0.05, 0) is 44.7 Å². The Hall–Kier alpha value is -2.18. The van der Waals surface area contributed by atoms with Crippen molar-refractivity contribution in [1.82, 2.24) is 14.9 Å². The monoisotopic (exact) mass is 343 g/mol. The maximum absolute atomic E-state index is 12.3. The molecule has 0 bridgehead atoms. The molecule has 2 aromatic heterocycles. The molecular weight excluding hydrogens is 322 g/mol. The first-order valence-electron chi connectivity index (χ1n) is 7.84. The van der Waals surface area contributed by atoms with Gasteiger partial charge in [-0.1, -0.05) is 0 Å². The summed E-state index contributed by atoms with van der Waals surface area (Å²) in [5, 5.41) is 0.982. The second kappa shape index (κ2) is 7.15. The molecule has 24 heavy (non-hydrogen) atoms. The minimum absolute atomic E-state index is 0.0338. The molecule has 0 aliphatic rings. The first-order valence-corrected chi connectivity index (χ1v) is 8.72. The molecule has 0 spiro atoms. The van der Waals surface area contributed by atoms with Gasteiger partial charge in [-0.3, -0.25) is 4.79 Å². The lowest BCUT2D eigenvalue weighted by molar-refractivity contribution is 0.330. The molecule has 126 valence electrons. The molecule has 0 atom stereocenters. The molecule has 0 radical (unpaired) electrons. The summed E-state index contributed by atoms with van der Waals surface area (Å²) in [6, 6.07) is 7.61. The van der Waals surface area contributed by atoms with Gasteiger partial charge >= 0.3 is 0 Å². The van der Waals surface area contributed by atoms with Crippen LogP contribution in [0.3, 0.4) is 0 Å². The summed E-state index contributed by atoms with van der Waals surface area (Å²) in [7, 11) is 3.68. The summed E-state index contributed by atoms with van der Waals surface area (Å²) in [5.41, 5.74) is 4.54. The Morgan fingerprint density at radius 3 is 2.88 bits per heavy atom. The average Bonchev–Trinajstić information content (AvgIpc) is 2.98. The van der Waals surface area contributed by atoms with Crippen molar-refractivity contribution < 1.29 is 4.74 Å². The van der Waals surface area contributed by atoms with Gasteiger partial charge in [0, 0.05) is 34.4 Å². The molecule has 0 amide bonds. The van der Waals surface area contributed by atoms with Crippen LogP contribution in [-0.4, -0.2) is 35.6 Å². The number of rotatable bonds is 6. The summed E-state index contributed by atoms with van der Waals surface area (Å²) >= 11 is 1.69. The smallest absolute Gasteiger partial charge is 0.252 e. The molecular formula is C18H21N3O2S. The normalized spacial score (nSPS) is 11.3. The lowest BCUT2D eigenvalue weighted by atomic mass is 10.1. The third-order valence-electron chi connectivity index (χ3n) is 4.13. The molecule has 0 unspecified atom stereocenters. The molecule has 0 fully saturated rings. The topological polar surface area (TPSA) is 58.2 Å². The van der Waals surface area contributed by atoms with Gasteiger partial charge < -0.3 is 14.6 Å². The zero-order valence-electron chi connectivity index (χ0n) is 14.1. The third kappa shape index (κ3) is 3.66.